The van der Waals surface area contributed by atoms with Gasteiger partial charge in [0.05, 0.1) is 6.04 Å². The highest BCUT2D eigenvalue weighted by molar-refractivity contribution is 5.96. The van der Waals surface area contributed by atoms with Crippen LogP contribution in [0.5, 0.6) is 0 Å². The van der Waals surface area contributed by atoms with E-state index in [0.717, 1.165) is 5.56 Å². The molecule has 1 fully saturated rings. The van der Waals surface area contributed by atoms with Crippen molar-refractivity contribution in [1.82, 2.24) is 31.3 Å². The number of carboxylic acid groups (broad SMARTS) is 1. The lowest BCUT2D eigenvalue weighted by Gasteiger charge is -2.38. The Morgan fingerprint density at radius 3 is 2.11 bits per heavy atom. The van der Waals surface area contributed by atoms with Gasteiger partial charge in [-0.2, -0.15) is 0 Å². The van der Waals surface area contributed by atoms with Crippen LogP contribution < -0.4 is 44.3 Å². The van der Waals surface area contributed by atoms with E-state index < -0.39 is 84.1 Å². The van der Waals surface area contributed by atoms with Crippen LogP contribution in [0.1, 0.15) is 85.1 Å². The zero-order chi connectivity index (χ0) is 42.1. The van der Waals surface area contributed by atoms with Crippen molar-refractivity contribution < 1.29 is 38.7 Å². The number of rotatable bonds is 23. The lowest BCUT2D eigenvalue weighted by atomic mass is 10.00. The van der Waals surface area contributed by atoms with Crippen molar-refractivity contribution in [3.63, 3.8) is 0 Å². The Labute approximate surface area is 328 Å². The molecule has 1 saturated heterocycles. The summed E-state index contributed by atoms with van der Waals surface area (Å²) in [4.78, 5) is 96.9. The van der Waals surface area contributed by atoms with Crippen molar-refractivity contribution in [2.75, 3.05) is 13.1 Å². The van der Waals surface area contributed by atoms with Gasteiger partial charge in [-0.05, 0) is 62.8 Å². The highest BCUT2D eigenvalue weighted by Crippen LogP contribution is 2.24. The lowest BCUT2D eigenvalue weighted by molar-refractivity contribution is -0.148. The fraction of sp³-hybridized carbons (Fsp3) is 0.622. The van der Waals surface area contributed by atoms with Crippen LogP contribution >= 0.6 is 0 Å². The number of aliphatic carboxylic acids is 1. The first-order valence-corrected chi connectivity index (χ1v) is 19.0. The number of likely N-dealkylation sites (tertiary alicyclic amines) is 1. The van der Waals surface area contributed by atoms with Crippen LogP contribution in [0, 0.1) is 11.8 Å². The highest BCUT2D eigenvalue weighted by atomic mass is 16.4. The van der Waals surface area contributed by atoms with Gasteiger partial charge in [-0.3, -0.25) is 44.0 Å². The number of aliphatic imine (C=N–C) groups is 1. The monoisotopic (exact) mass is 787 g/mol. The number of hydrazine groups is 1. The maximum Gasteiger partial charge on any atom is 0.303 e. The molecule has 19 nitrogen and oxygen atoms in total. The van der Waals surface area contributed by atoms with E-state index in [9.17, 15) is 38.7 Å². The summed E-state index contributed by atoms with van der Waals surface area (Å²) in [7, 11) is 0. The van der Waals surface area contributed by atoms with E-state index in [1.54, 1.807) is 0 Å². The summed E-state index contributed by atoms with van der Waals surface area (Å²) in [5.41, 5.74) is 25.9. The largest absolute Gasteiger partial charge is 0.481 e. The number of hydrogen-bond acceptors (Lipinski definition) is 10. The molecule has 6 amide bonds. The second-order valence-corrected chi connectivity index (χ2v) is 14.8. The molecule has 0 aromatic heterocycles. The predicted molar refractivity (Wildman–Crippen MR) is 208 cm³/mol. The average molecular weight is 788 g/mol. The summed E-state index contributed by atoms with van der Waals surface area (Å²) >= 11 is 0. The van der Waals surface area contributed by atoms with Crippen LogP contribution in [0.3, 0.4) is 0 Å². The molecule has 0 spiro atoms. The van der Waals surface area contributed by atoms with Gasteiger partial charge in [-0.15, -0.1) is 0 Å². The number of hydrogen-bond donors (Lipinski definition) is 9. The predicted octanol–water partition coefficient (Wildman–Crippen LogP) is -1.21. The molecule has 19 heteroatoms. The van der Waals surface area contributed by atoms with E-state index in [2.05, 4.69) is 26.4 Å². The van der Waals surface area contributed by atoms with Crippen LogP contribution in [-0.4, -0.2) is 112 Å². The molecule has 1 heterocycles. The van der Waals surface area contributed by atoms with Gasteiger partial charge in [0, 0.05) is 26.1 Å². The molecule has 0 aliphatic carbocycles. The van der Waals surface area contributed by atoms with Crippen molar-refractivity contribution in [3.05, 3.63) is 35.9 Å². The van der Waals surface area contributed by atoms with Crippen LogP contribution in [0.15, 0.2) is 35.3 Å². The van der Waals surface area contributed by atoms with Gasteiger partial charge in [0.2, 0.25) is 29.5 Å². The molecule has 312 valence electrons. The van der Waals surface area contributed by atoms with E-state index in [4.69, 9.17) is 22.9 Å². The minimum absolute atomic E-state index is 0.0731. The third-order valence-corrected chi connectivity index (χ3v) is 9.22. The number of guanidine groups is 1. The Hall–Kier alpha value is -5.30. The molecule has 0 radical (unpaired) electrons. The number of carbonyl (C=O) groups is 7. The Kier molecular flexibility index (Phi) is 19.2. The molecule has 0 bridgehead atoms. The second-order valence-electron chi connectivity index (χ2n) is 14.8. The molecule has 1 aromatic rings. The molecule has 13 N–H and O–H groups in total. The quantitative estimate of drug-likeness (QED) is 0.0273. The van der Waals surface area contributed by atoms with Crippen LogP contribution in [-0.2, 0) is 40.1 Å². The van der Waals surface area contributed by atoms with Crippen LogP contribution in [0.25, 0.3) is 0 Å². The van der Waals surface area contributed by atoms with Gasteiger partial charge in [-0.25, -0.2) is 5.01 Å². The third-order valence-electron chi connectivity index (χ3n) is 9.22. The Morgan fingerprint density at radius 1 is 0.893 bits per heavy atom. The van der Waals surface area contributed by atoms with Gasteiger partial charge in [0.25, 0.3) is 5.91 Å². The average Bonchev–Trinajstić information content (AvgIpc) is 3.61. The molecule has 6 atom stereocenters. The SMILES string of the molecule is CC(C)C[C@@H](NC(=O)[C@@H](CCC(=O)O)NC(=O)C1CCCN1C(=O)[C@@H](C(C)C)N(Cc1ccccc1)NC(=O)[C@H](N)CCCN=C(N)N)C(=O)N[C@H](C)C(N)=O. The number of benzene rings is 1. The molecule has 1 aliphatic heterocycles. The van der Waals surface area contributed by atoms with Gasteiger partial charge < -0.3 is 48.9 Å². The summed E-state index contributed by atoms with van der Waals surface area (Å²) in [5.74, 6) is -5.65. The van der Waals surface area contributed by atoms with Crippen LogP contribution in [0.4, 0.5) is 0 Å². The first kappa shape index (κ1) is 46.9. The van der Waals surface area contributed by atoms with Crippen molar-refractivity contribution in [2.24, 2.45) is 39.8 Å². The molecule has 56 heavy (non-hydrogen) atoms. The number of nitrogens with two attached hydrogens (primary N) is 4. The van der Waals surface area contributed by atoms with E-state index in [1.165, 1.54) is 16.8 Å². The molecular weight excluding hydrogens is 726 g/mol. The topological polar surface area (TPSA) is 311 Å². The van der Waals surface area contributed by atoms with E-state index in [1.807, 2.05) is 58.0 Å². The van der Waals surface area contributed by atoms with Crippen molar-refractivity contribution in [3.8, 4) is 0 Å². The van der Waals surface area contributed by atoms with Gasteiger partial charge in [0.1, 0.15) is 30.2 Å². The summed E-state index contributed by atoms with van der Waals surface area (Å²) in [6.07, 6.45) is 0.801. The molecule has 2 rings (SSSR count). The maximum absolute atomic E-state index is 14.5. The summed E-state index contributed by atoms with van der Waals surface area (Å²) in [5, 5.41) is 18.6. The summed E-state index contributed by atoms with van der Waals surface area (Å²) in [6.45, 7) is 9.28. The zero-order valence-electron chi connectivity index (χ0n) is 33.0. The number of amides is 6. The van der Waals surface area contributed by atoms with Crippen molar-refractivity contribution in [1.29, 1.82) is 0 Å². The van der Waals surface area contributed by atoms with Crippen molar-refractivity contribution in [2.45, 2.75) is 122 Å². The Bertz CT molecular complexity index is 1540. The summed E-state index contributed by atoms with van der Waals surface area (Å²) < 4.78 is 0. The highest BCUT2D eigenvalue weighted by Gasteiger charge is 2.42. The van der Waals surface area contributed by atoms with Gasteiger partial charge >= 0.3 is 5.97 Å². The van der Waals surface area contributed by atoms with Gasteiger partial charge in [0.15, 0.2) is 5.96 Å². The smallest absolute Gasteiger partial charge is 0.303 e. The molecule has 1 unspecified atom stereocenters. The van der Waals surface area contributed by atoms with Crippen LogP contribution in [0.2, 0.25) is 0 Å². The first-order chi connectivity index (χ1) is 26.3. The minimum Gasteiger partial charge on any atom is -0.481 e. The second kappa shape index (κ2) is 22.9. The minimum atomic E-state index is -1.38. The van der Waals surface area contributed by atoms with Crippen molar-refractivity contribution >= 4 is 47.4 Å². The van der Waals surface area contributed by atoms with E-state index >= 15 is 0 Å². The maximum atomic E-state index is 14.5. The number of primary amides is 1. The zero-order valence-corrected chi connectivity index (χ0v) is 33.0. The third kappa shape index (κ3) is 15.4. The number of nitrogens with one attached hydrogen (secondary N) is 4. The first-order valence-electron chi connectivity index (χ1n) is 19.0. The normalized spacial score (nSPS) is 16.7. The molecule has 1 aromatic carbocycles. The molecule has 0 saturated carbocycles. The van der Waals surface area contributed by atoms with Gasteiger partial charge in [-0.1, -0.05) is 58.0 Å². The fourth-order valence-corrected chi connectivity index (χ4v) is 6.28. The molecule has 1 aliphatic rings. The van der Waals surface area contributed by atoms with E-state index in [-0.39, 0.29) is 63.1 Å². The molecular formula is C37H61N11O8. The Balaban J connectivity index is 2.35. The number of carboxylic acids is 1. The van der Waals surface area contributed by atoms with E-state index in [0.29, 0.717) is 12.8 Å². The fourth-order valence-electron chi connectivity index (χ4n) is 6.28. The lowest BCUT2D eigenvalue weighted by Crippen LogP contribution is -2.61. The number of nitrogens with zero attached hydrogens (tertiary/aromatic N) is 3. The summed E-state index contributed by atoms with van der Waals surface area (Å²) in [6, 6.07) is 2.74. The number of carbonyl (C=O) groups excluding carboxylic acids is 6. The Morgan fingerprint density at radius 2 is 1.54 bits per heavy atom. The standard InChI is InChI=1S/C37H61N11O8/c1-21(2)19-27(34(54)43-23(5)31(39)51)45-33(53)26(15-16-29(49)50)44-35(55)28-14-10-18-47(28)36(56)30(22(3)4)48(20-24-11-7-6-8-12-24)46-32(52)25(38)13-9-17-42-37(40)41/h6-8,11-12,21-23,25-28,30H,9-10,13-20,38H2,1-5H3,(H2,39,51)(H,43,54)(H,44,55)(H,45,53)(H,46,52)(H,49,50)(H4,40,41,42)/t23-,25-,26-,27-,28?,30-/m1/s1.